The van der Waals surface area contributed by atoms with E-state index in [4.69, 9.17) is 5.26 Å². The van der Waals surface area contributed by atoms with Crippen LogP contribution in [0, 0.1) is 24.2 Å². The highest BCUT2D eigenvalue weighted by atomic mass is 14.9. The van der Waals surface area contributed by atoms with Gasteiger partial charge in [0.2, 0.25) is 0 Å². The smallest absolute Gasteiger partial charge is 0.0666 e. The molecule has 1 aromatic rings. The summed E-state index contributed by atoms with van der Waals surface area (Å²) < 4.78 is 0. The molecule has 0 aromatic heterocycles. The number of benzene rings is 1. The SMILES string of the molecule is Cc1cccc(CNCC(C)C#N)c1. The van der Waals surface area contributed by atoms with E-state index in [1.807, 2.05) is 6.92 Å². The van der Waals surface area contributed by atoms with Crippen LogP contribution in [-0.2, 0) is 6.54 Å². The lowest BCUT2D eigenvalue weighted by Gasteiger charge is -2.06. The van der Waals surface area contributed by atoms with Crippen LogP contribution in [0.2, 0.25) is 0 Å². The van der Waals surface area contributed by atoms with Crippen LogP contribution >= 0.6 is 0 Å². The summed E-state index contributed by atoms with van der Waals surface area (Å²) in [4.78, 5) is 0. The second-order valence-corrected chi connectivity index (χ2v) is 3.65. The Balaban J connectivity index is 2.36. The number of nitrogens with zero attached hydrogens (tertiary/aromatic N) is 1. The van der Waals surface area contributed by atoms with Crippen molar-refractivity contribution in [2.45, 2.75) is 20.4 Å². The van der Waals surface area contributed by atoms with Crippen LogP contribution in [0.4, 0.5) is 0 Å². The summed E-state index contributed by atoms with van der Waals surface area (Å²) in [5.41, 5.74) is 2.55. The minimum Gasteiger partial charge on any atom is -0.311 e. The number of hydrogen-bond donors (Lipinski definition) is 1. The largest absolute Gasteiger partial charge is 0.311 e. The molecule has 0 aliphatic rings. The van der Waals surface area contributed by atoms with Gasteiger partial charge in [0.15, 0.2) is 0 Å². The number of nitrogens with one attached hydrogen (secondary N) is 1. The van der Waals surface area contributed by atoms with Gasteiger partial charge in [-0.15, -0.1) is 0 Å². The molecule has 0 fully saturated rings. The Kier molecular flexibility index (Phi) is 4.15. The van der Waals surface area contributed by atoms with E-state index in [2.05, 4.69) is 42.6 Å². The van der Waals surface area contributed by atoms with E-state index in [0.29, 0.717) is 0 Å². The highest BCUT2D eigenvalue weighted by Crippen LogP contribution is 2.03. The van der Waals surface area contributed by atoms with Crippen LogP contribution in [-0.4, -0.2) is 6.54 Å². The van der Waals surface area contributed by atoms with E-state index < -0.39 is 0 Å². The first-order chi connectivity index (χ1) is 6.72. The van der Waals surface area contributed by atoms with Gasteiger partial charge >= 0.3 is 0 Å². The molecule has 2 nitrogen and oxygen atoms in total. The highest BCUT2D eigenvalue weighted by Gasteiger charge is 1.98. The fourth-order valence-electron chi connectivity index (χ4n) is 1.30. The zero-order valence-electron chi connectivity index (χ0n) is 8.75. The zero-order valence-corrected chi connectivity index (χ0v) is 8.75. The van der Waals surface area contributed by atoms with Gasteiger partial charge in [-0.3, -0.25) is 0 Å². The van der Waals surface area contributed by atoms with Gasteiger partial charge in [-0.05, 0) is 19.4 Å². The van der Waals surface area contributed by atoms with E-state index in [-0.39, 0.29) is 5.92 Å². The van der Waals surface area contributed by atoms with Crippen LogP contribution < -0.4 is 5.32 Å². The van der Waals surface area contributed by atoms with Gasteiger partial charge in [-0.2, -0.15) is 5.26 Å². The molecular formula is C12H16N2. The molecule has 1 aromatic carbocycles. The van der Waals surface area contributed by atoms with E-state index in [1.165, 1.54) is 11.1 Å². The minimum atomic E-state index is 0.0832. The molecule has 0 spiro atoms. The Morgan fingerprint density at radius 2 is 2.29 bits per heavy atom. The summed E-state index contributed by atoms with van der Waals surface area (Å²) in [5.74, 6) is 0.0832. The third-order valence-corrected chi connectivity index (χ3v) is 2.08. The topological polar surface area (TPSA) is 35.8 Å². The standard InChI is InChI=1S/C12H16N2/c1-10-4-3-5-12(6-10)9-14-8-11(2)7-13/h3-6,11,14H,8-9H2,1-2H3. The van der Waals surface area contributed by atoms with Crippen molar-refractivity contribution in [2.24, 2.45) is 5.92 Å². The van der Waals surface area contributed by atoms with Crippen LogP contribution in [0.15, 0.2) is 24.3 Å². The molecule has 14 heavy (non-hydrogen) atoms. The number of rotatable bonds is 4. The quantitative estimate of drug-likeness (QED) is 0.786. The molecule has 1 atom stereocenters. The average Bonchev–Trinajstić information content (AvgIpc) is 2.17. The lowest BCUT2D eigenvalue weighted by atomic mass is 10.1. The van der Waals surface area contributed by atoms with Crippen molar-refractivity contribution in [3.05, 3.63) is 35.4 Å². The summed E-state index contributed by atoms with van der Waals surface area (Å²) in [5, 5.41) is 11.8. The third kappa shape index (κ3) is 3.59. The normalized spacial score (nSPS) is 12.1. The van der Waals surface area contributed by atoms with Crippen molar-refractivity contribution in [2.75, 3.05) is 6.54 Å². The Hall–Kier alpha value is -1.33. The monoisotopic (exact) mass is 188 g/mol. The number of hydrogen-bond acceptors (Lipinski definition) is 2. The van der Waals surface area contributed by atoms with Crippen molar-refractivity contribution < 1.29 is 0 Å². The van der Waals surface area contributed by atoms with E-state index in [1.54, 1.807) is 0 Å². The molecule has 1 unspecified atom stereocenters. The summed E-state index contributed by atoms with van der Waals surface area (Å²) in [6.07, 6.45) is 0. The van der Waals surface area contributed by atoms with Crippen molar-refractivity contribution in [1.82, 2.24) is 5.32 Å². The fraction of sp³-hybridized carbons (Fsp3) is 0.417. The van der Waals surface area contributed by atoms with Crippen LogP contribution in [0.3, 0.4) is 0 Å². The van der Waals surface area contributed by atoms with Crippen LogP contribution in [0.25, 0.3) is 0 Å². The van der Waals surface area contributed by atoms with E-state index in [0.717, 1.165) is 13.1 Å². The second kappa shape index (κ2) is 5.41. The molecule has 0 saturated heterocycles. The van der Waals surface area contributed by atoms with Gasteiger partial charge in [0.05, 0.1) is 12.0 Å². The van der Waals surface area contributed by atoms with Gasteiger partial charge in [0, 0.05) is 13.1 Å². The van der Waals surface area contributed by atoms with Crippen LogP contribution in [0.1, 0.15) is 18.1 Å². The Labute approximate surface area is 85.6 Å². The number of aryl methyl sites for hydroxylation is 1. The van der Waals surface area contributed by atoms with E-state index in [9.17, 15) is 0 Å². The first-order valence-electron chi connectivity index (χ1n) is 4.88. The second-order valence-electron chi connectivity index (χ2n) is 3.65. The summed E-state index contributed by atoms with van der Waals surface area (Å²) in [6, 6.07) is 10.6. The minimum absolute atomic E-state index is 0.0832. The Morgan fingerprint density at radius 3 is 2.93 bits per heavy atom. The summed E-state index contributed by atoms with van der Waals surface area (Å²) >= 11 is 0. The maximum atomic E-state index is 8.59. The zero-order chi connectivity index (χ0) is 10.4. The van der Waals surface area contributed by atoms with Gasteiger partial charge < -0.3 is 5.32 Å². The molecule has 1 N–H and O–H groups in total. The summed E-state index contributed by atoms with van der Waals surface area (Å²) in [6.45, 7) is 5.60. The molecule has 0 aliphatic heterocycles. The van der Waals surface area contributed by atoms with Crippen LogP contribution in [0.5, 0.6) is 0 Å². The predicted molar refractivity (Wildman–Crippen MR) is 57.7 cm³/mol. The van der Waals surface area contributed by atoms with Gasteiger partial charge in [-0.25, -0.2) is 0 Å². The first-order valence-corrected chi connectivity index (χ1v) is 4.88. The van der Waals surface area contributed by atoms with Gasteiger partial charge in [0.1, 0.15) is 0 Å². The molecule has 2 heteroatoms. The Bertz CT molecular complexity index is 325. The fourth-order valence-corrected chi connectivity index (χ4v) is 1.30. The van der Waals surface area contributed by atoms with Gasteiger partial charge in [0.25, 0.3) is 0 Å². The molecule has 0 aliphatic carbocycles. The van der Waals surface area contributed by atoms with Gasteiger partial charge in [-0.1, -0.05) is 29.8 Å². The molecule has 0 saturated carbocycles. The molecule has 1 rings (SSSR count). The molecule has 0 heterocycles. The average molecular weight is 188 g/mol. The molecular weight excluding hydrogens is 172 g/mol. The number of nitriles is 1. The van der Waals surface area contributed by atoms with Crippen molar-refractivity contribution >= 4 is 0 Å². The maximum Gasteiger partial charge on any atom is 0.0666 e. The lowest BCUT2D eigenvalue weighted by molar-refractivity contribution is 0.601. The van der Waals surface area contributed by atoms with Crippen molar-refractivity contribution in [3.63, 3.8) is 0 Å². The highest BCUT2D eigenvalue weighted by molar-refractivity contribution is 5.21. The van der Waals surface area contributed by atoms with Crippen molar-refractivity contribution in [1.29, 1.82) is 5.26 Å². The first kappa shape index (κ1) is 10.7. The van der Waals surface area contributed by atoms with Crippen molar-refractivity contribution in [3.8, 4) is 6.07 Å². The molecule has 0 amide bonds. The summed E-state index contributed by atoms with van der Waals surface area (Å²) in [7, 11) is 0. The third-order valence-electron chi connectivity index (χ3n) is 2.08. The lowest BCUT2D eigenvalue weighted by Crippen LogP contribution is -2.19. The Morgan fingerprint density at radius 1 is 1.50 bits per heavy atom. The van der Waals surface area contributed by atoms with E-state index >= 15 is 0 Å². The molecule has 0 bridgehead atoms. The molecule has 74 valence electrons. The maximum absolute atomic E-state index is 8.59. The predicted octanol–water partition coefficient (Wildman–Crippen LogP) is 2.24. The molecule has 0 radical (unpaired) electrons.